The molecule has 11 heavy (non-hydrogen) atoms. The van der Waals surface area contributed by atoms with E-state index >= 15 is 0 Å². The Bertz CT molecular complexity index is 186. The van der Waals surface area contributed by atoms with Crippen molar-refractivity contribution in [1.29, 1.82) is 0 Å². The van der Waals surface area contributed by atoms with Crippen molar-refractivity contribution in [3.63, 3.8) is 0 Å². The Labute approximate surface area is 73.4 Å². The molecule has 0 saturated carbocycles. The van der Waals surface area contributed by atoms with E-state index in [9.17, 15) is 0 Å². The number of allylic oxidation sites excluding steroid dienone is 5. The third-order valence-corrected chi connectivity index (χ3v) is 1.21. The van der Waals surface area contributed by atoms with E-state index in [0.29, 0.717) is 0 Å². The first kappa shape index (κ1) is 10.3. The van der Waals surface area contributed by atoms with Gasteiger partial charge in [0.25, 0.3) is 0 Å². The molecule has 0 unspecified atom stereocenters. The molecule has 0 aromatic rings. The summed E-state index contributed by atoms with van der Waals surface area (Å²) >= 11 is 5.63. The van der Waals surface area contributed by atoms with Gasteiger partial charge in [-0.3, -0.25) is 0 Å². The molecule has 0 aromatic heterocycles. The van der Waals surface area contributed by atoms with Crippen molar-refractivity contribution in [1.82, 2.24) is 5.32 Å². The van der Waals surface area contributed by atoms with Crippen LogP contribution < -0.4 is 5.32 Å². The van der Waals surface area contributed by atoms with E-state index in [-0.39, 0.29) is 0 Å². The zero-order valence-electron chi connectivity index (χ0n) is 7.19. The summed E-state index contributed by atoms with van der Waals surface area (Å²) in [5.74, 6) is 0. The topological polar surface area (TPSA) is 12.0 Å². The minimum Gasteiger partial charge on any atom is -0.394 e. The van der Waals surface area contributed by atoms with Crippen LogP contribution in [0.15, 0.2) is 35.0 Å². The smallest absolute Gasteiger partial charge is 0.0150 e. The van der Waals surface area contributed by atoms with Crippen LogP contribution in [0.5, 0.6) is 0 Å². The van der Waals surface area contributed by atoms with Gasteiger partial charge in [-0.1, -0.05) is 17.7 Å². The Kier molecular flexibility index (Phi) is 5.67. The molecule has 0 radical (unpaired) electrons. The highest BCUT2D eigenvalue weighted by molar-refractivity contribution is 6.29. The van der Waals surface area contributed by atoms with Crippen molar-refractivity contribution < 1.29 is 0 Å². The Morgan fingerprint density at radius 2 is 1.91 bits per heavy atom. The first-order valence-corrected chi connectivity index (χ1v) is 3.89. The average molecular weight is 172 g/mol. The summed E-state index contributed by atoms with van der Waals surface area (Å²) in [5, 5.41) is 3.70. The van der Waals surface area contributed by atoms with Gasteiger partial charge < -0.3 is 5.32 Å². The molecule has 0 rings (SSSR count). The lowest BCUT2D eigenvalue weighted by molar-refractivity contribution is 1.10. The lowest BCUT2D eigenvalue weighted by Gasteiger charge is -1.89. The zero-order chi connectivity index (χ0) is 8.69. The van der Waals surface area contributed by atoms with Gasteiger partial charge in [-0.15, -0.1) is 0 Å². The van der Waals surface area contributed by atoms with Gasteiger partial charge in [0.1, 0.15) is 0 Å². The molecule has 0 saturated heterocycles. The van der Waals surface area contributed by atoms with E-state index in [1.165, 1.54) is 5.57 Å². The maximum atomic E-state index is 5.63. The van der Waals surface area contributed by atoms with Crippen molar-refractivity contribution >= 4 is 11.6 Å². The van der Waals surface area contributed by atoms with Crippen LogP contribution in [0.25, 0.3) is 0 Å². The molecule has 1 N–H and O–H groups in total. The van der Waals surface area contributed by atoms with Crippen LogP contribution in [0, 0.1) is 0 Å². The van der Waals surface area contributed by atoms with Crippen LogP contribution in [0.1, 0.15) is 13.8 Å². The van der Waals surface area contributed by atoms with E-state index in [0.717, 1.165) is 5.03 Å². The maximum absolute atomic E-state index is 5.63. The van der Waals surface area contributed by atoms with Gasteiger partial charge in [-0.2, -0.15) is 0 Å². The lowest BCUT2D eigenvalue weighted by atomic mass is 10.2. The van der Waals surface area contributed by atoms with Gasteiger partial charge in [0.05, 0.1) is 0 Å². The first-order valence-electron chi connectivity index (χ1n) is 3.51. The van der Waals surface area contributed by atoms with E-state index in [1.54, 1.807) is 0 Å². The highest BCUT2D eigenvalue weighted by Crippen LogP contribution is 2.01. The molecule has 0 fully saturated rings. The molecule has 0 aromatic carbocycles. The summed E-state index contributed by atoms with van der Waals surface area (Å²) in [6, 6.07) is 0. The second-order valence-electron chi connectivity index (χ2n) is 2.29. The summed E-state index contributed by atoms with van der Waals surface area (Å²) in [4.78, 5) is 0. The lowest BCUT2D eigenvalue weighted by Crippen LogP contribution is -1.90. The second-order valence-corrected chi connectivity index (χ2v) is 2.88. The SMILES string of the molecule is CN/C=C/C(C)=C/C=C(\C)Cl. The number of hydrogen-bond acceptors (Lipinski definition) is 1. The van der Waals surface area contributed by atoms with Crippen molar-refractivity contribution in [2.75, 3.05) is 7.05 Å². The summed E-state index contributed by atoms with van der Waals surface area (Å²) in [6.45, 7) is 3.87. The zero-order valence-corrected chi connectivity index (χ0v) is 7.94. The molecular weight excluding hydrogens is 158 g/mol. The quantitative estimate of drug-likeness (QED) is 0.644. The Hall–Kier alpha value is -0.690. The van der Waals surface area contributed by atoms with Crippen LogP contribution in [0.2, 0.25) is 0 Å². The second kappa shape index (κ2) is 6.05. The van der Waals surface area contributed by atoms with Crippen molar-refractivity contribution in [3.8, 4) is 0 Å². The number of halogens is 1. The molecule has 0 heterocycles. The molecule has 0 amide bonds. The third-order valence-electron chi connectivity index (χ3n) is 1.09. The summed E-state index contributed by atoms with van der Waals surface area (Å²) < 4.78 is 0. The summed E-state index contributed by atoms with van der Waals surface area (Å²) in [7, 11) is 1.87. The molecule has 2 heteroatoms. The minimum absolute atomic E-state index is 0.794. The molecule has 0 bridgehead atoms. The molecule has 62 valence electrons. The van der Waals surface area contributed by atoms with Crippen LogP contribution in [0.3, 0.4) is 0 Å². The van der Waals surface area contributed by atoms with Gasteiger partial charge >= 0.3 is 0 Å². The molecule has 0 atom stereocenters. The molecule has 0 aliphatic heterocycles. The van der Waals surface area contributed by atoms with Crippen LogP contribution in [-0.4, -0.2) is 7.05 Å². The van der Waals surface area contributed by atoms with Crippen molar-refractivity contribution in [3.05, 3.63) is 35.0 Å². The Morgan fingerprint density at radius 1 is 1.27 bits per heavy atom. The van der Waals surface area contributed by atoms with Gasteiger partial charge in [0.15, 0.2) is 0 Å². The molecular formula is C9H14ClN. The first-order chi connectivity index (χ1) is 5.16. The third kappa shape index (κ3) is 7.20. The van der Waals surface area contributed by atoms with E-state index < -0.39 is 0 Å². The normalized spacial score (nSPS) is 14.2. The molecule has 0 aliphatic rings. The largest absolute Gasteiger partial charge is 0.394 e. The van der Waals surface area contributed by atoms with Gasteiger partial charge in [0, 0.05) is 12.1 Å². The van der Waals surface area contributed by atoms with E-state index in [2.05, 4.69) is 5.32 Å². The van der Waals surface area contributed by atoms with Gasteiger partial charge in [-0.05, 0) is 37.8 Å². The summed E-state index contributed by atoms with van der Waals surface area (Å²) in [5.41, 5.74) is 1.17. The molecule has 0 spiro atoms. The maximum Gasteiger partial charge on any atom is 0.0150 e. The minimum atomic E-state index is 0.794. The highest BCUT2D eigenvalue weighted by atomic mass is 35.5. The molecule has 1 nitrogen and oxygen atoms in total. The summed E-state index contributed by atoms with van der Waals surface area (Å²) in [6.07, 6.45) is 7.70. The van der Waals surface area contributed by atoms with E-state index in [4.69, 9.17) is 11.6 Å². The predicted octanol–water partition coefficient (Wildman–Crippen LogP) is 2.81. The fraction of sp³-hybridized carbons (Fsp3) is 0.333. The Morgan fingerprint density at radius 3 is 2.36 bits per heavy atom. The van der Waals surface area contributed by atoms with Gasteiger partial charge in [-0.25, -0.2) is 0 Å². The van der Waals surface area contributed by atoms with Crippen LogP contribution in [0.4, 0.5) is 0 Å². The van der Waals surface area contributed by atoms with Crippen molar-refractivity contribution in [2.24, 2.45) is 0 Å². The number of nitrogens with one attached hydrogen (secondary N) is 1. The molecule has 0 aliphatic carbocycles. The van der Waals surface area contributed by atoms with Gasteiger partial charge in [0.2, 0.25) is 0 Å². The number of hydrogen-bond donors (Lipinski definition) is 1. The average Bonchev–Trinajstić information content (AvgIpc) is 1.97. The number of rotatable bonds is 3. The van der Waals surface area contributed by atoms with E-state index in [1.807, 2.05) is 45.3 Å². The standard InChI is InChI=1S/C9H14ClN/c1-8(6-7-11-3)4-5-9(2)10/h4-7,11H,1-3H3/b7-6+,8-4+,9-5+. The van der Waals surface area contributed by atoms with Crippen molar-refractivity contribution in [2.45, 2.75) is 13.8 Å². The van der Waals surface area contributed by atoms with Crippen LogP contribution in [-0.2, 0) is 0 Å². The monoisotopic (exact) mass is 171 g/mol. The fourth-order valence-corrected chi connectivity index (χ4v) is 0.580. The van der Waals surface area contributed by atoms with Crippen LogP contribution >= 0.6 is 11.6 Å². The Balaban J connectivity index is 4.01. The fourth-order valence-electron chi connectivity index (χ4n) is 0.517. The predicted molar refractivity (Wildman–Crippen MR) is 51.6 cm³/mol. The highest BCUT2D eigenvalue weighted by Gasteiger charge is 1.78.